The lowest BCUT2D eigenvalue weighted by Gasteiger charge is -2.26. The van der Waals surface area contributed by atoms with Gasteiger partial charge in [0.15, 0.2) is 0 Å². The Labute approximate surface area is 367 Å². The van der Waals surface area contributed by atoms with E-state index in [4.69, 9.17) is 0 Å². The Kier molecular flexibility index (Phi) is 9.39. The summed E-state index contributed by atoms with van der Waals surface area (Å²) in [4.78, 5) is 4.69. The fourth-order valence-corrected chi connectivity index (χ4v) is 9.17. The van der Waals surface area contributed by atoms with Gasteiger partial charge in [0, 0.05) is 50.6 Å². The molecule has 11 aromatic rings. The number of rotatable bonds is 9. The van der Waals surface area contributed by atoms with Crippen molar-refractivity contribution in [1.29, 1.82) is 0 Å². The summed E-state index contributed by atoms with van der Waals surface area (Å²) in [5, 5.41) is 11.3. The number of hydrogen-bond donors (Lipinski definition) is 0. The number of hydrogen-bond acceptors (Lipinski definition) is 4. The highest BCUT2D eigenvalue weighted by atomic mass is 15.4. The molecule has 0 saturated carbocycles. The average Bonchev–Trinajstić information content (AvgIpc) is 3.89. The third-order valence-corrected chi connectivity index (χ3v) is 12.1. The van der Waals surface area contributed by atoms with Crippen molar-refractivity contribution in [3.8, 4) is 22.5 Å². The van der Waals surface area contributed by atoms with E-state index in [1.54, 1.807) is 0 Å². The second-order valence-electron chi connectivity index (χ2n) is 16.2. The van der Waals surface area contributed by atoms with Crippen LogP contribution in [0.1, 0.15) is 16.7 Å². The number of fused-ring (bicyclic) bond motifs is 4. The Morgan fingerprint density at radius 3 is 1.37 bits per heavy atom. The van der Waals surface area contributed by atoms with E-state index in [2.05, 4.69) is 240 Å². The lowest BCUT2D eigenvalue weighted by molar-refractivity contribution is 0.814. The fourth-order valence-electron chi connectivity index (χ4n) is 9.17. The first-order valence-corrected chi connectivity index (χ1v) is 21.4. The van der Waals surface area contributed by atoms with Gasteiger partial charge in [0.25, 0.3) is 0 Å². The molecule has 0 atom stereocenters. The highest BCUT2D eigenvalue weighted by Gasteiger charge is 2.21. The Morgan fingerprint density at radius 2 is 0.841 bits per heavy atom. The maximum atomic E-state index is 4.53. The maximum absolute atomic E-state index is 4.53. The van der Waals surface area contributed by atoms with E-state index in [1.165, 1.54) is 21.9 Å². The Bertz CT molecular complexity index is 3340. The van der Waals surface area contributed by atoms with E-state index in [-0.39, 0.29) is 0 Å². The number of nitrogens with zero attached hydrogens (tertiary/aromatic N) is 6. The standard InChI is InChI=1S/C57H44N6/c1-39-23-27-47(28-24-39)61(46-19-11-6-12-20-46)50-32-34-55-52(38-50)51-37-49(60(44-15-7-4-8-16-44)45-17-9-5-10-18-45)31-33-54(51)62(55)48-29-25-42(26-30-48)43-35-40(2)57(41(3)36-43)63-56-22-14-13-21-53(56)58-59-63/h4-38H,1-3H3. The van der Waals surface area contributed by atoms with Gasteiger partial charge in [-0.05, 0) is 164 Å². The molecule has 302 valence electrons. The summed E-state index contributed by atoms with van der Waals surface area (Å²) in [5.41, 5.74) is 18.8. The number of anilines is 6. The van der Waals surface area contributed by atoms with Crippen molar-refractivity contribution in [2.45, 2.75) is 20.8 Å². The molecule has 0 aliphatic rings. The minimum Gasteiger partial charge on any atom is -0.310 e. The normalized spacial score (nSPS) is 11.4. The van der Waals surface area contributed by atoms with E-state index < -0.39 is 0 Å². The third kappa shape index (κ3) is 6.78. The van der Waals surface area contributed by atoms with E-state index in [9.17, 15) is 0 Å². The van der Waals surface area contributed by atoms with Gasteiger partial charge in [-0.2, -0.15) is 0 Å². The third-order valence-electron chi connectivity index (χ3n) is 12.1. The van der Waals surface area contributed by atoms with E-state index >= 15 is 0 Å². The predicted molar refractivity (Wildman–Crippen MR) is 262 cm³/mol. The lowest BCUT2D eigenvalue weighted by Crippen LogP contribution is -2.09. The van der Waals surface area contributed by atoms with Gasteiger partial charge in [0.1, 0.15) is 5.52 Å². The van der Waals surface area contributed by atoms with Gasteiger partial charge >= 0.3 is 0 Å². The van der Waals surface area contributed by atoms with Crippen LogP contribution in [0.25, 0.3) is 55.3 Å². The summed E-state index contributed by atoms with van der Waals surface area (Å²) in [6, 6.07) is 76.1. The smallest absolute Gasteiger partial charge is 0.113 e. The predicted octanol–water partition coefficient (Wildman–Crippen LogP) is 15.0. The van der Waals surface area contributed by atoms with Crippen molar-refractivity contribution >= 4 is 67.0 Å². The highest BCUT2D eigenvalue weighted by Crippen LogP contribution is 2.43. The molecule has 0 fully saturated rings. The van der Waals surface area contributed by atoms with Crippen LogP contribution in [0.3, 0.4) is 0 Å². The number of aromatic nitrogens is 4. The van der Waals surface area contributed by atoms with Gasteiger partial charge < -0.3 is 14.4 Å². The monoisotopic (exact) mass is 812 g/mol. The number of aryl methyl sites for hydroxylation is 3. The fraction of sp³-hybridized carbons (Fsp3) is 0.0526. The van der Waals surface area contributed by atoms with Crippen LogP contribution in [0, 0.1) is 20.8 Å². The topological polar surface area (TPSA) is 42.1 Å². The molecule has 0 aliphatic heterocycles. The summed E-state index contributed by atoms with van der Waals surface area (Å²) in [7, 11) is 0. The molecule has 0 spiro atoms. The van der Waals surface area contributed by atoms with Crippen molar-refractivity contribution in [3.63, 3.8) is 0 Å². The summed E-state index contributed by atoms with van der Waals surface area (Å²) in [6.45, 7) is 6.45. The molecule has 2 aromatic heterocycles. The first-order chi connectivity index (χ1) is 31.0. The summed E-state index contributed by atoms with van der Waals surface area (Å²) < 4.78 is 4.37. The molecule has 0 radical (unpaired) electrons. The average molecular weight is 813 g/mol. The molecular formula is C57H44N6. The van der Waals surface area contributed by atoms with Gasteiger partial charge in [-0.1, -0.05) is 102 Å². The highest BCUT2D eigenvalue weighted by molar-refractivity contribution is 6.12. The molecule has 2 heterocycles. The zero-order valence-electron chi connectivity index (χ0n) is 35.4. The van der Waals surface area contributed by atoms with Crippen LogP contribution in [0.5, 0.6) is 0 Å². The van der Waals surface area contributed by atoms with Crippen molar-refractivity contribution in [2.75, 3.05) is 9.80 Å². The summed E-state index contributed by atoms with van der Waals surface area (Å²) >= 11 is 0. The molecule has 6 nitrogen and oxygen atoms in total. The minimum absolute atomic E-state index is 0.887. The molecule has 0 bridgehead atoms. The van der Waals surface area contributed by atoms with Gasteiger partial charge in [-0.25, -0.2) is 4.68 Å². The maximum Gasteiger partial charge on any atom is 0.113 e. The first kappa shape index (κ1) is 37.8. The van der Waals surface area contributed by atoms with Crippen molar-refractivity contribution in [1.82, 2.24) is 19.6 Å². The largest absolute Gasteiger partial charge is 0.310 e. The summed E-state index contributed by atoms with van der Waals surface area (Å²) in [5.74, 6) is 0. The van der Waals surface area contributed by atoms with Crippen LogP contribution in [-0.2, 0) is 0 Å². The molecule has 9 aromatic carbocycles. The molecule has 0 saturated heterocycles. The lowest BCUT2D eigenvalue weighted by atomic mass is 9.98. The van der Waals surface area contributed by atoms with Crippen LogP contribution in [0.15, 0.2) is 212 Å². The molecule has 63 heavy (non-hydrogen) atoms. The van der Waals surface area contributed by atoms with Gasteiger partial charge in [-0.3, -0.25) is 0 Å². The Balaban J connectivity index is 1.07. The van der Waals surface area contributed by atoms with Crippen LogP contribution in [0.2, 0.25) is 0 Å². The Morgan fingerprint density at radius 1 is 0.381 bits per heavy atom. The molecule has 6 heteroatoms. The molecule has 0 amide bonds. The van der Waals surface area contributed by atoms with E-state index in [0.717, 1.165) is 84.3 Å². The molecular weight excluding hydrogens is 769 g/mol. The van der Waals surface area contributed by atoms with Crippen LogP contribution < -0.4 is 9.80 Å². The SMILES string of the molecule is Cc1ccc(N(c2ccccc2)c2ccc3c(c2)c2cc(N(c4ccccc4)c4ccccc4)ccc2n3-c2ccc(-c3cc(C)c(-n4nnc5ccccc54)c(C)c3)cc2)cc1. The van der Waals surface area contributed by atoms with E-state index in [0.29, 0.717) is 0 Å². The molecule has 0 aliphatic carbocycles. The summed E-state index contributed by atoms with van der Waals surface area (Å²) in [6.07, 6.45) is 0. The van der Waals surface area contributed by atoms with Gasteiger partial charge in [0.05, 0.1) is 22.2 Å². The second-order valence-corrected chi connectivity index (χ2v) is 16.2. The first-order valence-electron chi connectivity index (χ1n) is 21.4. The zero-order valence-corrected chi connectivity index (χ0v) is 35.4. The zero-order chi connectivity index (χ0) is 42.4. The van der Waals surface area contributed by atoms with E-state index in [1.807, 2.05) is 22.9 Å². The van der Waals surface area contributed by atoms with Crippen LogP contribution >= 0.6 is 0 Å². The molecule has 0 N–H and O–H groups in total. The van der Waals surface area contributed by atoms with Crippen molar-refractivity contribution < 1.29 is 0 Å². The Hall–Kier alpha value is -8.22. The van der Waals surface area contributed by atoms with Gasteiger partial charge in [-0.15, -0.1) is 5.10 Å². The molecule has 0 unspecified atom stereocenters. The van der Waals surface area contributed by atoms with Crippen molar-refractivity contribution in [2.24, 2.45) is 0 Å². The quantitative estimate of drug-likeness (QED) is 0.146. The minimum atomic E-state index is 0.887. The van der Waals surface area contributed by atoms with Gasteiger partial charge in [0.2, 0.25) is 0 Å². The number of benzene rings is 9. The van der Waals surface area contributed by atoms with Crippen LogP contribution in [-0.4, -0.2) is 19.6 Å². The number of para-hydroxylation sites is 4. The molecule has 11 rings (SSSR count). The second kappa shape index (κ2) is 15.7. The van der Waals surface area contributed by atoms with Crippen molar-refractivity contribution in [3.05, 3.63) is 229 Å². The van der Waals surface area contributed by atoms with Crippen LogP contribution in [0.4, 0.5) is 34.1 Å².